The van der Waals surface area contributed by atoms with E-state index in [9.17, 15) is 4.79 Å². The van der Waals surface area contributed by atoms with Crippen molar-refractivity contribution in [1.82, 2.24) is 5.32 Å². The van der Waals surface area contributed by atoms with Crippen LogP contribution < -0.4 is 15.5 Å². The van der Waals surface area contributed by atoms with E-state index >= 15 is 0 Å². The summed E-state index contributed by atoms with van der Waals surface area (Å²) in [7, 11) is 0. The van der Waals surface area contributed by atoms with Crippen LogP contribution in [0.5, 0.6) is 0 Å². The van der Waals surface area contributed by atoms with Crippen molar-refractivity contribution in [2.45, 2.75) is 31.7 Å². The number of rotatable bonds is 4. The Morgan fingerprint density at radius 2 is 2.07 bits per heavy atom. The third-order valence-corrected chi connectivity index (χ3v) is 6.03. The van der Waals surface area contributed by atoms with Crippen LogP contribution in [0.1, 0.15) is 30.6 Å². The first-order chi connectivity index (χ1) is 13.1. The third kappa shape index (κ3) is 4.28. The molecule has 2 N–H and O–H groups in total. The maximum Gasteiger partial charge on any atom is 0.260 e. The quantitative estimate of drug-likeness (QED) is 0.716. The number of halogens is 1. The maximum absolute atomic E-state index is 12.3. The number of amides is 1. The molecule has 2 aromatic rings. The van der Waals surface area contributed by atoms with Crippen LogP contribution in [0, 0.1) is 6.92 Å². The fourth-order valence-corrected chi connectivity index (χ4v) is 4.42. The summed E-state index contributed by atoms with van der Waals surface area (Å²) in [5.74, 6) is 1.48. The molecule has 0 radical (unpaired) electrons. The lowest BCUT2D eigenvalue weighted by Gasteiger charge is -2.25. The van der Waals surface area contributed by atoms with E-state index in [1.165, 1.54) is 31.0 Å². The largest absolute Gasteiger partial charge is 0.441 e. The Hall–Kier alpha value is -2.05. The smallest absolute Gasteiger partial charge is 0.260 e. The first kappa shape index (κ1) is 18.3. The number of piperidine rings is 1. The van der Waals surface area contributed by atoms with Crippen LogP contribution >= 0.6 is 23.4 Å². The van der Waals surface area contributed by atoms with Crippen molar-refractivity contribution >= 4 is 46.9 Å². The molecule has 0 saturated carbocycles. The molecular formula is C20H22ClN3O2S. The Morgan fingerprint density at radius 3 is 2.89 bits per heavy atom. The van der Waals surface area contributed by atoms with Crippen molar-refractivity contribution in [1.29, 1.82) is 0 Å². The van der Waals surface area contributed by atoms with Crippen LogP contribution in [-0.2, 0) is 4.79 Å². The minimum Gasteiger partial charge on any atom is -0.441 e. The van der Waals surface area contributed by atoms with Gasteiger partial charge in [-0.15, -0.1) is 0 Å². The molecule has 0 aliphatic carbocycles. The molecule has 142 valence electrons. The number of carbonyl (C=O) groups is 1. The molecule has 2 saturated heterocycles. The van der Waals surface area contributed by atoms with E-state index in [0.717, 1.165) is 30.2 Å². The van der Waals surface area contributed by atoms with Gasteiger partial charge in [0.25, 0.3) is 5.91 Å². The van der Waals surface area contributed by atoms with Gasteiger partial charge in [0.2, 0.25) is 0 Å². The summed E-state index contributed by atoms with van der Waals surface area (Å²) in [6.45, 7) is 4.06. The number of benzene rings is 1. The molecule has 27 heavy (non-hydrogen) atoms. The monoisotopic (exact) mass is 403 g/mol. The van der Waals surface area contributed by atoms with E-state index in [1.54, 1.807) is 6.08 Å². The summed E-state index contributed by atoms with van der Waals surface area (Å²) in [4.78, 5) is 15.2. The Morgan fingerprint density at radius 1 is 1.26 bits per heavy atom. The lowest BCUT2D eigenvalue weighted by atomic mass is 10.1. The summed E-state index contributed by atoms with van der Waals surface area (Å²) < 4.78 is 5.94. The summed E-state index contributed by atoms with van der Waals surface area (Å²) in [6, 6.07) is 9.58. The highest BCUT2D eigenvalue weighted by Crippen LogP contribution is 2.33. The second-order valence-corrected chi connectivity index (χ2v) is 8.39. The molecule has 0 spiro atoms. The zero-order valence-electron chi connectivity index (χ0n) is 15.1. The first-order valence-corrected chi connectivity index (χ1v) is 10.4. The molecule has 1 unspecified atom stereocenters. The standard InChI is InChI=1S/C20H22ClN3O2S/c1-13-5-6-14(21)11-16(13)22-20-23-19(25)17(27-20)12-15-7-8-18(26-15)24-9-3-2-4-10-24/h5-8,11-12,20,22H,2-4,9-10H2,1H3,(H,23,25)/b17-12-. The number of hydrogen-bond acceptors (Lipinski definition) is 5. The van der Waals surface area contributed by atoms with E-state index in [1.807, 2.05) is 37.3 Å². The van der Waals surface area contributed by atoms with Crippen molar-refractivity contribution in [3.8, 4) is 0 Å². The van der Waals surface area contributed by atoms with Crippen LogP contribution in [-0.4, -0.2) is 24.5 Å². The summed E-state index contributed by atoms with van der Waals surface area (Å²) >= 11 is 7.51. The fourth-order valence-electron chi connectivity index (χ4n) is 3.29. The molecule has 5 nitrogen and oxygen atoms in total. The lowest BCUT2D eigenvalue weighted by molar-refractivity contribution is -0.116. The number of hydrogen-bond donors (Lipinski definition) is 2. The Balaban J connectivity index is 1.44. The second kappa shape index (κ2) is 7.90. The van der Waals surface area contributed by atoms with E-state index in [-0.39, 0.29) is 11.4 Å². The van der Waals surface area contributed by atoms with Gasteiger partial charge in [-0.2, -0.15) is 0 Å². The summed E-state index contributed by atoms with van der Waals surface area (Å²) in [5.41, 5.74) is 1.74. The maximum atomic E-state index is 12.3. The molecule has 1 aromatic heterocycles. The molecule has 3 heterocycles. The van der Waals surface area contributed by atoms with E-state index in [4.69, 9.17) is 16.0 Å². The van der Waals surface area contributed by atoms with Crippen molar-refractivity contribution < 1.29 is 9.21 Å². The SMILES string of the molecule is Cc1ccc(Cl)cc1NC1NC(=O)/C(=C/c2ccc(N3CCCCC3)o2)S1. The third-order valence-electron chi connectivity index (χ3n) is 4.77. The van der Waals surface area contributed by atoms with Crippen LogP contribution in [0.2, 0.25) is 5.02 Å². The van der Waals surface area contributed by atoms with Gasteiger partial charge >= 0.3 is 0 Å². The van der Waals surface area contributed by atoms with Crippen molar-refractivity contribution in [2.75, 3.05) is 23.3 Å². The zero-order valence-corrected chi connectivity index (χ0v) is 16.7. The molecule has 1 aromatic carbocycles. The molecular weight excluding hydrogens is 382 g/mol. The van der Waals surface area contributed by atoms with Gasteiger partial charge in [-0.1, -0.05) is 29.4 Å². The Bertz CT molecular complexity index is 874. The van der Waals surface area contributed by atoms with Gasteiger partial charge in [0.15, 0.2) is 11.4 Å². The average Bonchev–Trinajstić information content (AvgIpc) is 3.26. The Labute approximate surface area is 168 Å². The molecule has 2 aliphatic rings. The fraction of sp³-hybridized carbons (Fsp3) is 0.350. The van der Waals surface area contributed by atoms with Crippen molar-refractivity contribution in [3.05, 3.63) is 51.6 Å². The number of nitrogens with one attached hydrogen (secondary N) is 2. The minimum absolute atomic E-state index is 0.104. The van der Waals surface area contributed by atoms with Gasteiger partial charge in [0.05, 0.1) is 4.91 Å². The number of aryl methyl sites for hydroxylation is 1. The van der Waals surface area contributed by atoms with Gasteiger partial charge < -0.3 is 20.0 Å². The molecule has 1 atom stereocenters. The topological polar surface area (TPSA) is 57.5 Å². The molecule has 7 heteroatoms. The van der Waals surface area contributed by atoms with Gasteiger partial charge in [0.1, 0.15) is 5.76 Å². The molecule has 2 aliphatic heterocycles. The molecule has 4 rings (SSSR count). The summed E-state index contributed by atoms with van der Waals surface area (Å²) in [6.07, 6.45) is 5.49. The number of furan rings is 1. The number of thioether (sulfide) groups is 1. The van der Waals surface area contributed by atoms with Crippen LogP contribution in [0.25, 0.3) is 6.08 Å². The van der Waals surface area contributed by atoms with Crippen LogP contribution in [0.3, 0.4) is 0 Å². The van der Waals surface area contributed by atoms with Gasteiger partial charge in [0, 0.05) is 35.9 Å². The second-order valence-electron chi connectivity index (χ2n) is 6.81. The van der Waals surface area contributed by atoms with Gasteiger partial charge in [-0.05, 0) is 49.9 Å². The lowest BCUT2D eigenvalue weighted by Crippen LogP contribution is -2.31. The number of nitrogens with zero attached hydrogens (tertiary/aromatic N) is 1. The molecule has 2 fully saturated rings. The molecule has 0 bridgehead atoms. The highest BCUT2D eigenvalue weighted by molar-refractivity contribution is 8.05. The Kier molecular flexibility index (Phi) is 5.36. The van der Waals surface area contributed by atoms with Crippen LogP contribution in [0.4, 0.5) is 11.6 Å². The van der Waals surface area contributed by atoms with Gasteiger partial charge in [-0.3, -0.25) is 4.79 Å². The normalized spacial score (nSPS) is 21.6. The van der Waals surface area contributed by atoms with Crippen molar-refractivity contribution in [3.63, 3.8) is 0 Å². The number of anilines is 2. The zero-order chi connectivity index (χ0) is 18.8. The first-order valence-electron chi connectivity index (χ1n) is 9.15. The predicted octanol–water partition coefficient (Wildman–Crippen LogP) is 4.83. The minimum atomic E-state index is -0.238. The highest BCUT2D eigenvalue weighted by Gasteiger charge is 2.28. The van der Waals surface area contributed by atoms with E-state index in [0.29, 0.717) is 15.7 Å². The summed E-state index contributed by atoms with van der Waals surface area (Å²) in [5, 5.41) is 6.92. The predicted molar refractivity (Wildman–Crippen MR) is 112 cm³/mol. The van der Waals surface area contributed by atoms with Crippen molar-refractivity contribution in [2.24, 2.45) is 0 Å². The van der Waals surface area contributed by atoms with Gasteiger partial charge in [-0.25, -0.2) is 0 Å². The van der Waals surface area contributed by atoms with Crippen LogP contribution in [0.15, 0.2) is 39.7 Å². The number of carbonyl (C=O) groups excluding carboxylic acids is 1. The highest BCUT2D eigenvalue weighted by atomic mass is 35.5. The van der Waals surface area contributed by atoms with E-state index in [2.05, 4.69) is 15.5 Å². The average molecular weight is 404 g/mol. The molecule has 1 amide bonds. The van der Waals surface area contributed by atoms with E-state index < -0.39 is 0 Å².